The second-order valence-electron chi connectivity index (χ2n) is 3.39. The molecule has 0 unspecified atom stereocenters. The van der Waals surface area contributed by atoms with Crippen molar-refractivity contribution in [2.45, 2.75) is 9.10 Å². The number of hydrogen-bond donors (Lipinski definition) is 0. The Labute approximate surface area is 102 Å². The van der Waals surface area contributed by atoms with Crippen LogP contribution >= 0.6 is 23.1 Å². The first kappa shape index (κ1) is 9.87. The Hall–Kier alpha value is -1.32. The molecule has 0 aliphatic carbocycles. The topological polar surface area (TPSA) is 12.9 Å². The molecule has 3 heteroatoms. The summed E-state index contributed by atoms with van der Waals surface area (Å²) in [5.74, 6) is 0. The second-order valence-corrected chi connectivity index (χ2v) is 5.71. The van der Waals surface area contributed by atoms with Gasteiger partial charge in [0.2, 0.25) is 0 Å². The van der Waals surface area contributed by atoms with Gasteiger partial charge in [-0.05, 0) is 35.7 Å². The maximum Gasteiger partial charge on any atom is 0.0702 e. The quantitative estimate of drug-likeness (QED) is 0.659. The van der Waals surface area contributed by atoms with Crippen LogP contribution in [0.15, 0.2) is 63.1 Å². The first-order valence-corrected chi connectivity index (χ1v) is 6.67. The van der Waals surface area contributed by atoms with Gasteiger partial charge >= 0.3 is 0 Å². The van der Waals surface area contributed by atoms with Gasteiger partial charge in [-0.3, -0.25) is 4.98 Å². The van der Waals surface area contributed by atoms with Crippen molar-refractivity contribution in [3.05, 3.63) is 54.0 Å². The zero-order valence-corrected chi connectivity index (χ0v) is 10.1. The first-order chi connectivity index (χ1) is 7.92. The smallest absolute Gasteiger partial charge is 0.0702 e. The number of nitrogens with zero attached hydrogens (tertiary/aromatic N) is 1. The summed E-state index contributed by atoms with van der Waals surface area (Å²) in [4.78, 5) is 5.58. The van der Waals surface area contributed by atoms with Crippen molar-refractivity contribution in [1.82, 2.24) is 4.98 Å². The zero-order chi connectivity index (χ0) is 10.8. The zero-order valence-electron chi connectivity index (χ0n) is 8.46. The third-order valence-corrected chi connectivity index (χ3v) is 4.32. The van der Waals surface area contributed by atoms with Gasteiger partial charge < -0.3 is 0 Å². The monoisotopic (exact) mass is 243 g/mol. The Kier molecular flexibility index (Phi) is 2.64. The summed E-state index contributed by atoms with van der Waals surface area (Å²) < 4.78 is 1.32. The SMILES string of the molecule is c1csc(Sc2ccc3ncccc3c2)c1. The molecule has 0 amide bonds. The van der Waals surface area contributed by atoms with Gasteiger partial charge in [0, 0.05) is 16.5 Å². The molecule has 3 aromatic rings. The van der Waals surface area contributed by atoms with Crippen molar-refractivity contribution in [3.63, 3.8) is 0 Å². The van der Waals surface area contributed by atoms with E-state index >= 15 is 0 Å². The lowest BCUT2D eigenvalue weighted by molar-refractivity contribution is 1.38. The summed E-state index contributed by atoms with van der Waals surface area (Å²) in [5.41, 5.74) is 1.05. The molecule has 2 heterocycles. The van der Waals surface area contributed by atoms with Gasteiger partial charge in [0.15, 0.2) is 0 Å². The summed E-state index contributed by atoms with van der Waals surface area (Å²) in [7, 11) is 0. The molecule has 0 N–H and O–H groups in total. The molecule has 0 aliphatic heterocycles. The minimum Gasteiger partial charge on any atom is -0.256 e. The maximum absolute atomic E-state index is 4.31. The largest absolute Gasteiger partial charge is 0.256 e. The maximum atomic E-state index is 4.31. The van der Waals surface area contributed by atoms with Gasteiger partial charge in [0.1, 0.15) is 0 Å². The van der Waals surface area contributed by atoms with E-state index in [0.29, 0.717) is 0 Å². The van der Waals surface area contributed by atoms with Gasteiger partial charge in [-0.15, -0.1) is 11.3 Å². The van der Waals surface area contributed by atoms with Crippen LogP contribution in [0.25, 0.3) is 10.9 Å². The van der Waals surface area contributed by atoms with E-state index in [9.17, 15) is 0 Å². The molecular weight excluding hydrogens is 234 g/mol. The normalized spacial score (nSPS) is 10.8. The number of fused-ring (bicyclic) bond motifs is 1. The van der Waals surface area contributed by atoms with E-state index in [-0.39, 0.29) is 0 Å². The van der Waals surface area contributed by atoms with Crippen molar-refractivity contribution in [3.8, 4) is 0 Å². The van der Waals surface area contributed by atoms with E-state index in [1.807, 2.05) is 12.3 Å². The van der Waals surface area contributed by atoms with E-state index in [0.717, 1.165) is 5.52 Å². The molecule has 3 rings (SSSR count). The molecule has 0 saturated heterocycles. The molecule has 0 fully saturated rings. The molecule has 16 heavy (non-hydrogen) atoms. The fourth-order valence-corrected chi connectivity index (χ4v) is 3.35. The van der Waals surface area contributed by atoms with Crippen molar-refractivity contribution >= 4 is 34.0 Å². The predicted octanol–water partition coefficient (Wildman–Crippen LogP) is 4.45. The highest BCUT2D eigenvalue weighted by Crippen LogP contribution is 2.32. The van der Waals surface area contributed by atoms with E-state index in [1.165, 1.54) is 14.5 Å². The molecule has 1 nitrogen and oxygen atoms in total. The average Bonchev–Trinajstić information content (AvgIpc) is 2.82. The Morgan fingerprint density at radius 1 is 1.06 bits per heavy atom. The third-order valence-electron chi connectivity index (χ3n) is 2.29. The molecule has 78 valence electrons. The lowest BCUT2D eigenvalue weighted by Crippen LogP contribution is -1.77. The standard InChI is InChI=1S/C13H9NS2/c1-3-10-9-11(5-6-12(10)14-7-1)16-13-4-2-8-15-13/h1-9H. The van der Waals surface area contributed by atoms with Gasteiger partial charge in [0.25, 0.3) is 0 Å². The van der Waals surface area contributed by atoms with Crippen LogP contribution in [-0.2, 0) is 0 Å². The van der Waals surface area contributed by atoms with Crippen LogP contribution in [0, 0.1) is 0 Å². The molecular formula is C13H9NS2. The number of benzene rings is 1. The number of thiophene rings is 1. The number of aromatic nitrogens is 1. The minimum absolute atomic E-state index is 1.05. The van der Waals surface area contributed by atoms with Gasteiger partial charge in [-0.2, -0.15) is 0 Å². The minimum atomic E-state index is 1.05. The van der Waals surface area contributed by atoms with Gasteiger partial charge in [-0.1, -0.05) is 23.9 Å². The van der Waals surface area contributed by atoms with E-state index in [4.69, 9.17) is 0 Å². The van der Waals surface area contributed by atoms with Crippen LogP contribution < -0.4 is 0 Å². The van der Waals surface area contributed by atoms with E-state index in [1.54, 1.807) is 23.1 Å². The van der Waals surface area contributed by atoms with Crippen LogP contribution in [0.1, 0.15) is 0 Å². The van der Waals surface area contributed by atoms with Crippen LogP contribution in [0.2, 0.25) is 0 Å². The molecule has 0 saturated carbocycles. The van der Waals surface area contributed by atoms with Crippen LogP contribution in [0.3, 0.4) is 0 Å². The summed E-state index contributed by atoms with van der Waals surface area (Å²) in [6.45, 7) is 0. The molecule has 2 aromatic heterocycles. The van der Waals surface area contributed by atoms with Crippen molar-refractivity contribution in [2.75, 3.05) is 0 Å². The molecule has 0 spiro atoms. The van der Waals surface area contributed by atoms with Gasteiger partial charge in [-0.25, -0.2) is 0 Å². The van der Waals surface area contributed by atoms with Crippen LogP contribution in [0.5, 0.6) is 0 Å². The number of rotatable bonds is 2. The van der Waals surface area contributed by atoms with E-state index in [2.05, 4.69) is 46.8 Å². The van der Waals surface area contributed by atoms with Crippen molar-refractivity contribution in [1.29, 1.82) is 0 Å². The number of pyridine rings is 1. The predicted molar refractivity (Wildman–Crippen MR) is 70.2 cm³/mol. The number of hydrogen-bond acceptors (Lipinski definition) is 3. The highest BCUT2D eigenvalue weighted by Gasteiger charge is 2.00. The molecule has 0 atom stereocenters. The molecule has 0 aliphatic rings. The average molecular weight is 243 g/mol. The van der Waals surface area contributed by atoms with Gasteiger partial charge in [0.05, 0.1) is 9.73 Å². The first-order valence-electron chi connectivity index (χ1n) is 4.98. The molecule has 0 bridgehead atoms. The van der Waals surface area contributed by atoms with Crippen LogP contribution in [-0.4, -0.2) is 4.98 Å². The fraction of sp³-hybridized carbons (Fsp3) is 0. The van der Waals surface area contributed by atoms with Crippen molar-refractivity contribution < 1.29 is 0 Å². The Bertz CT molecular complexity index is 602. The Morgan fingerprint density at radius 3 is 2.94 bits per heavy atom. The molecule has 0 radical (unpaired) electrons. The second kappa shape index (κ2) is 4.28. The lowest BCUT2D eigenvalue weighted by Gasteiger charge is -2.00. The van der Waals surface area contributed by atoms with Crippen molar-refractivity contribution in [2.24, 2.45) is 0 Å². The highest BCUT2D eigenvalue weighted by molar-refractivity contribution is 8.01. The van der Waals surface area contributed by atoms with Crippen LogP contribution in [0.4, 0.5) is 0 Å². The fourth-order valence-electron chi connectivity index (χ4n) is 1.55. The molecule has 1 aromatic carbocycles. The van der Waals surface area contributed by atoms with E-state index < -0.39 is 0 Å². The summed E-state index contributed by atoms with van der Waals surface area (Å²) in [6, 6.07) is 14.7. The lowest BCUT2D eigenvalue weighted by atomic mass is 10.2. The summed E-state index contributed by atoms with van der Waals surface area (Å²) in [6.07, 6.45) is 1.83. The summed E-state index contributed by atoms with van der Waals surface area (Å²) >= 11 is 3.57. The highest BCUT2D eigenvalue weighted by atomic mass is 32.2. The summed E-state index contributed by atoms with van der Waals surface area (Å²) in [5, 5.41) is 3.30. The Balaban J connectivity index is 1.99. The Morgan fingerprint density at radius 2 is 2.06 bits per heavy atom. The third kappa shape index (κ3) is 1.96.